The van der Waals surface area contributed by atoms with E-state index in [2.05, 4.69) is 11.9 Å². The number of hydrogen-bond donors (Lipinski definition) is 0. The van der Waals surface area contributed by atoms with Crippen molar-refractivity contribution in [1.82, 2.24) is 14.8 Å². The third-order valence-corrected chi connectivity index (χ3v) is 5.40. The molecular formula is C18H25N3O2. The molecule has 23 heavy (non-hydrogen) atoms. The lowest BCUT2D eigenvalue weighted by molar-refractivity contribution is -0.143. The summed E-state index contributed by atoms with van der Waals surface area (Å²) in [5.74, 6) is 0.107. The van der Waals surface area contributed by atoms with E-state index < -0.39 is 0 Å². The number of carbonyl (C=O) groups is 2. The topological polar surface area (TPSA) is 53.5 Å². The lowest BCUT2D eigenvalue weighted by atomic mass is 9.76. The van der Waals surface area contributed by atoms with E-state index in [1.165, 1.54) is 0 Å². The van der Waals surface area contributed by atoms with E-state index in [1.807, 2.05) is 28.9 Å². The molecule has 2 aliphatic rings. The van der Waals surface area contributed by atoms with Gasteiger partial charge in [0.15, 0.2) is 0 Å². The molecule has 2 amide bonds. The first-order chi connectivity index (χ1) is 10.9. The number of likely N-dealkylation sites (tertiary alicyclic amines) is 2. The van der Waals surface area contributed by atoms with E-state index >= 15 is 0 Å². The first-order valence-corrected chi connectivity index (χ1v) is 8.46. The van der Waals surface area contributed by atoms with Gasteiger partial charge < -0.3 is 9.80 Å². The second kappa shape index (κ2) is 5.95. The average Bonchev–Trinajstić information content (AvgIpc) is 2.52. The van der Waals surface area contributed by atoms with Crippen LogP contribution in [-0.2, 0) is 4.79 Å². The van der Waals surface area contributed by atoms with Crippen molar-refractivity contribution in [2.75, 3.05) is 13.1 Å². The third-order valence-electron chi connectivity index (χ3n) is 5.40. The Balaban J connectivity index is 1.91. The Labute approximate surface area is 137 Å². The Hall–Kier alpha value is -1.91. The van der Waals surface area contributed by atoms with Crippen LogP contribution in [0, 0.1) is 6.92 Å². The monoisotopic (exact) mass is 315 g/mol. The van der Waals surface area contributed by atoms with Crippen LogP contribution in [0.2, 0.25) is 0 Å². The molecule has 2 saturated heterocycles. The molecule has 0 unspecified atom stereocenters. The molecule has 1 aromatic heterocycles. The summed E-state index contributed by atoms with van der Waals surface area (Å²) in [5.41, 5.74) is 1.11. The van der Waals surface area contributed by atoms with Crippen molar-refractivity contribution in [3.63, 3.8) is 0 Å². The number of pyridine rings is 1. The highest BCUT2D eigenvalue weighted by molar-refractivity contribution is 5.93. The van der Waals surface area contributed by atoms with Crippen LogP contribution in [-0.4, -0.2) is 51.3 Å². The Bertz CT molecular complexity index is 630. The molecule has 0 aromatic carbocycles. The summed E-state index contributed by atoms with van der Waals surface area (Å²) in [6, 6.07) is 5.65. The van der Waals surface area contributed by atoms with Crippen LogP contribution in [0.15, 0.2) is 18.2 Å². The lowest BCUT2D eigenvalue weighted by Crippen LogP contribution is -2.68. The molecule has 0 bridgehead atoms. The minimum absolute atomic E-state index is 0.00460. The van der Waals surface area contributed by atoms with Gasteiger partial charge in [0.05, 0.1) is 11.6 Å². The quantitative estimate of drug-likeness (QED) is 0.799. The van der Waals surface area contributed by atoms with E-state index in [1.54, 1.807) is 13.0 Å². The van der Waals surface area contributed by atoms with Gasteiger partial charge in [-0.2, -0.15) is 0 Å². The molecule has 0 aliphatic carbocycles. The fourth-order valence-electron chi connectivity index (χ4n) is 4.31. The predicted molar refractivity (Wildman–Crippen MR) is 88.1 cm³/mol. The summed E-state index contributed by atoms with van der Waals surface area (Å²) in [7, 11) is 0. The highest BCUT2D eigenvalue weighted by Crippen LogP contribution is 2.39. The Morgan fingerprint density at radius 3 is 2.74 bits per heavy atom. The zero-order chi connectivity index (χ0) is 16.6. The molecule has 5 heteroatoms. The molecule has 2 fully saturated rings. The molecule has 3 rings (SSSR count). The number of fused-ring (bicyclic) bond motifs is 1. The second-order valence-corrected chi connectivity index (χ2v) is 6.95. The Kier molecular flexibility index (Phi) is 4.13. The van der Waals surface area contributed by atoms with Crippen molar-refractivity contribution in [3.8, 4) is 0 Å². The van der Waals surface area contributed by atoms with Gasteiger partial charge in [0.25, 0.3) is 5.91 Å². The molecule has 0 spiro atoms. The minimum atomic E-state index is -0.248. The van der Waals surface area contributed by atoms with E-state index in [0.29, 0.717) is 5.69 Å². The number of nitrogens with zero attached hydrogens (tertiary/aromatic N) is 3. The summed E-state index contributed by atoms with van der Waals surface area (Å²) < 4.78 is 0. The number of aryl methyl sites for hydroxylation is 1. The van der Waals surface area contributed by atoms with Crippen LogP contribution in [0.4, 0.5) is 0 Å². The number of carbonyl (C=O) groups excluding carboxylic acids is 2. The van der Waals surface area contributed by atoms with Gasteiger partial charge in [-0.05, 0) is 51.7 Å². The number of aromatic nitrogens is 1. The van der Waals surface area contributed by atoms with Crippen LogP contribution in [0.1, 0.15) is 55.7 Å². The molecule has 2 aliphatic heterocycles. The SMILES string of the molecule is CC(=O)N1CCC[C@@H]2N(C(=O)c3cccc(C)n3)CCC[C@@]21C. The molecular weight excluding hydrogens is 290 g/mol. The van der Waals surface area contributed by atoms with Crippen LogP contribution in [0.3, 0.4) is 0 Å². The van der Waals surface area contributed by atoms with Gasteiger partial charge in [-0.15, -0.1) is 0 Å². The first kappa shape index (κ1) is 16.0. The third kappa shape index (κ3) is 2.73. The molecule has 5 nitrogen and oxygen atoms in total. The first-order valence-electron chi connectivity index (χ1n) is 8.46. The Morgan fingerprint density at radius 2 is 2.04 bits per heavy atom. The van der Waals surface area contributed by atoms with Gasteiger partial charge in [0.2, 0.25) is 5.91 Å². The van der Waals surface area contributed by atoms with E-state index in [-0.39, 0.29) is 23.4 Å². The number of piperidine rings is 2. The average molecular weight is 315 g/mol. The number of hydrogen-bond acceptors (Lipinski definition) is 3. The fourth-order valence-corrected chi connectivity index (χ4v) is 4.31. The second-order valence-electron chi connectivity index (χ2n) is 6.95. The van der Waals surface area contributed by atoms with Crippen molar-refractivity contribution >= 4 is 11.8 Å². The van der Waals surface area contributed by atoms with Gasteiger partial charge in [0.1, 0.15) is 5.69 Å². The molecule has 2 atom stereocenters. The minimum Gasteiger partial charge on any atom is -0.335 e. The summed E-state index contributed by atoms with van der Waals surface area (Å²) in [6.45, 7) is 7.22. The lowest BCUT2D eigenvalue weighted by Gasteiger charge is -2.56. The van der Waals surface area contributed by atoms with Crippen molar-refractivity contribution in [2.24, 2.45) is 0 Å². The van der Waals surface area contributed by atoms with Crippen molar-refractivity contribution in [3.05, 3.63) is 29.6 Å². The molecule has 0 saturated carbocycles. The summed E-state index contributed by atoms with van der Waals surface area (Å²) >= 11 is 0. The predicted octanol–water partition coefficient (Wildman–Crippen LogP) is 2.40. The van der Waals surface area contributed by atoms with Gasteiger partial charge in [-0.25, -0.2) is 4.98 Å². The largest absolute Gasteiger partial charge is 0.335 e. The van der Waals surface area contributed by atoms with Crippen molar-refractivity contribution < 1.29 is 9.59 Å². The number of rotatable bonds is 1. The van der Waals surface area contributed by atoms with E-state index in [4.69, 9.17) is 0 Å². The molecule has 0 radical (unpaired) electrons. The van der Waals surface area contributed by atoms with Crippen LogP contribution in [0.5, 0.6) is 0 Å². The fraction of sp³-hybridized carbons (Fsp3) is 0.611. The van der Waals surface area contributed by atoms with Crippen LogP contribution in [0.25, 0.3) is 0 Å². The van der Waals surface area contributed by atoms with Crippen molar-refractivity contribution in [1.29, 1.82) is 0 Å². The molecule has 1 aromatic rings. The van der Waals surface area contributed by atoms with Gasteiger partial charge in [-0.3, -0.25) is 9.59 Å². The molecule has 124 valence electrons. The molecule has 0 N–H and O–H groups in total. The maximum absolute atomic E-state index is 13.0. The van der Waals surface area contributed by atoms with Gasteiger partial charge in [-0.1, -0.05) is 6.07 Å². The highest BCUT2D eigenvalue weighted by atomic mass is 16.2. The smallest absolute Gasteiger partial charge is 0.272 e. The Morgan fingerprint density at radius 1 is 1.26 bits per heavy atom. The van der Waals surface area contributed by atoms with Crippen LogP contribution < -0.4 is 0 Å². The number of amides is 2. The van der Waals surface area contributed by atoms with E-state index in [0.717, 1.165) is 44.5 Å². The summed E-state index contributed by atoms with van der Waals surface area (Å²) in [5, 5.41) is 0. The van der Waals surface area contributed by atoms with E-state index in [9.17, 15) is 9.59 Å². The maximum atomic E-state index is 13.0. The van der Waals surface area contributed by atoms with Crippen LogP contribution >= 0.6 is 0 Å². The summed E-state index contributed by atoms with van der Waals surface area (Å²) in [4.78, 5) is 33.4. The van der Waals surface area contributed by atoms with Gasteiger partial charge >= 0.3 is 0 Å². The standard InChI is InChI=1S/C18H25N3O2/c1-13-7-4-8-15(19-13)17(23)20-11-6-10-18(3)16(20)9-5-12-21(18)14(2)22/h4,7-8,16H,5-6,9-12H2,1-3H3/t16-,18-/m0/s1. The van der Waals surface area contributed by atoms with Gasteiger partial charge in [0, 0.05) is 25.7 Å². The zero-order valence-electron chi connectivity index (χ0n) is 14.2. The molecule has 3 heterocycles. The normalized spacial score (nSPS) is 27.5. The highest BCUT2D eigenvalue weighted by Gasteiger charge is 2.49. The summed E-state index contributed by atoms with van der Waals surface area (Å²) in [6.07, 6.45) is 3.79. The zero-order valence-corrected chi connectivity index (χ0v) is 14.2. The van der Waals surface area contributed by atoms with Crippen molar-refractivity contribution in [2.45, 2.75) is 58.0 Å². The maximum Gasteiger partial charge on any atom is 0.272 e.